The number of imide groups is 1. The van der Waals surface area contributed by atoms with Crippen LogP contribution in [0.4, 0.5) is 0 Å². The molecule has 3 saturated heterocycles. The Kier molecular flexibility index (Phi) is 4.99. The molecular weight excluding hydrogens is 382 g/mol. The van der Waals surface area contributed by atoms with Crippen LogP contribution in [0.3, 0.4) is 0 Å². The molecule has 30 heavy (non-hydrogen) atoms. The first kappa shape index (κ1) is 19.5. The van der Waals surface area contributed by atoms with Crippen molar-refractivity contribution in [3.05, 3.63) is 34.2 Å². The number of fused-ring (bicyclic) bond motifs is 2. The van der Waals surface area contributed by atoms with Gasteiger partial charge in [-0.2, -0.15) is 0 Å². The van der Waals surface area contributed by atoms with Crippen LogP contribution in [0.15, 0.2) is 23.0 Å². The van der Waals surface area contributed by atoms with Crippen molar-refractivity contribution in [1.29, 1.82) is 0 Å². The summed E-state index contributed by atoms with van der Waals surface area (Å²) in [5, 5.41) is 5.97. The van der Waals surface area contributed by atoms with Gasteiger partial charge in [-0.25, -0.2) is 4.79 Å². The normalized spacial score (nSPS) is 27.0. The van der Waals surface area contributed by atoms with Crippen LogP contribution in [-0.2, 0) is 23.1 Å². The minimum atomic E-state index is -0.634. The van der Waals surface area contributed by atoms with Crippen LogP contribution in [0.2, 0.25) is 0 Å². The Bertz CT molecular complexity index is 1040. The number of carbonyl (C=O) groups is 2. The van der Waals surface area contributed by atoms with Crippen molar-refractivity contribution in [2.75, 3.05) is 26.2 Å². The molecule has 0 spiro atoms. The van der Waals surface area contributed by atoms with E-state index in [4.69, 9.17) is 0 Å². The van der Waals surface area contributed by atoms with Crippen LogP contribution in [-0.4, -0.2) is 58.1 Å². The molecule has 2 amide bonds. The highest BCUT2D eigenvalue weighted by atomic mass is 16.2. The predicted molar refractivity (Wildman–Crippen MR) is 113 cm³/mol. The van der Waals surface area contributed by atoms with Crippen molar-refractivity contribution >= 4 is 22.8 Å². The van der Waals surface area contributed by atoms with Gasteiger partial charge in [0.15, 0.2) is 0 Å². The lowest BCUT2D eigenvalue weighted by Crippen LogP contribution is -2.44. The van der Waals surface area contributed by atoms with E-state index in [1.54, 1.807) is 16.2 Å². The maximum atomic E-state index is 13.0. The lowest BCUT2D eigenvalue weighted by molar-refractivity contribution is -0.135. The van der Waals surface area contributed by atoms with Gasteiger partial charge >= 0.3 is 5.69 Å². The average Bonchev–Trinajstić information content (AvgIpc) is 3.37. The van der Waals surface area contributed by atoms with Gasteiger partial charge in [0.2, 0.25) is 11.8 Å². The van der Waals surface area contributed by atoms with E-state index in [2.05, 4.69) is 21.6 Å². The number of piperidine rings is 1. The van der Waals surface area contributed by atoms with Crippen LogP contribution >= 0.6 is 0 Å². The molecular formula is C22H29N5O3. The Hall–Kier alpha value is -2.45. The molecule has 2 aromatic rings. The summed E-state index contributed by atoms with van der Waals surface area (Å²) in [6.45, 7) is 4.54. The number of imidazole rings is 1. The molecule has 3 fully saturated rings. The molecule has 1 aromatic heterocycles. The van der Waals surface area contributed by atoms with Crippen molar-refractivity contribution in [2.24, 2.45) is 13.0 Å². The number of hydrogen-bond acceptors (Lipinski definition) is 5. The number of nitrogens with one attached hydrogen (secondary N) is 2. The number of carbonyl (C=O) groups excluding carboxylic acids is 2. The highest BCUT2D eigenvalue weighted by Gasteiger charge is 2.35. The summed E-state index contributed by atoms with van der Waals surface area (Å²) < 4.78 is 3.21. The molecule has 0 aliphatic carbocycles. The number of nitrogens with zero attached hydrogens (tertiary/aromatic N) is 3. The van der Waals surface area contributed by atoms with Gasteiger partial charge < -0.3 is 10.2 Å². The Morgan fingerprint density at radius 3 is 2.80 bits per heavy atom. The van der Waals surface area contributed by atoms with E-state index in [0.29, 0.717) is 12.5 Å². The number of rotatable bonds is 5. The zero-order valence-electron chi connectivity index (χ0n) is 17.4. The van der Waals surface area contributed by atoms with Gasteiger partial charge in [0, 0.05) is 32.6 Å². The van der Waals surface area contributed by atoms with Crippen molar-refractivity contribution in [2.45, 2.75) is 44.2 Å². The van der Waals surface area contributed by atoms with Crippen LogP contribution in [0.1, 0.15) is 37.3 Å². The maximum absolute atomic E-state index is 13.0. The number of hydrogen-bond donors (Lipinski definition) is 2. The van der Waals surface area contributed by atoms with E-state index in [1.807, 2.05) is 12.1 Å². The standard InChI is InChI=1S/C22H29N5O3/c1-25-20-14(5-3-11-26-12-15-9-10-23-16(15)13-26)4-2-6-17(20)27(22(25)30)18-7-8-19(28)24-21(18)29/h2,4,6,15-16,18,23H,3,5,7-13H2,1H3,(H,24,28,29). The summed E-state index contributed by atoms with van der Waals surface area (Å²) in [6.07, 6.45) is 3.83. The number of likely N-dealkylation sites (tertiary alicyclic amines) is 1. The summed E-state index contributed by atoms with van der Waals surface area (Å²) in [4.78, 5) is 39.5. The number of amides is 2. The minimum Gasteiger partial charge on any atom is -0.312 e. The molecule has 5 rings (SSSR count). The van der Waals surface area contributed by atoms with Gasteiger partial charge in [-0.05, 0) is 56.3 Å². The molecule has 0 radical (unpaired) electrons. The van der Waals surface area contributed by atoms with Crippen molar-refractivity contribution in [3.8, 4) is 0 Å². The van der Waals surface area contributed by atoms with E-state index >= 15 is 0 Å². The Morgan fingerprint density at radius 1 is 1.13 bits per heavy atom. The third-order valence-electron chi connectivity index (χ3n) is 7.07. The third kappa shape index (κ3) is 3.28. The second-order valence-electron chi connectivity index (χ2n) is 8.94. The summed E-state index contributed by atoms with van der Waals surface area (Å²) in [6, 6.07) is 5.97. The fraction of sp³-hybridized carbons (Fsp3) is 0.591. The van der Waals surface area contributed by atoms with E-state index in [-0.39, 0.29) is 23.9 Å². The van der Waals surface area contributed by atoms with Crippen LogP contribution in [0.25, 0.3) is 11.0 Å². The topological polar surface area (TPSA) is 88.4 Å². The highest BCUT2D eigenvalue weighted by Crippen LogP contribution is 2.27. The zero-order chi connectivity index (χ0) is 20.8. The molecule has 3 unspecified atom stereocenters. The van der Waals surface area contributed by atoms with Gasteiger partial charge in [0.25, 0.3) is 0 Å². The van der Waals surface area contributed by atoms with Crippen molar-refractivity contribution in [3.63, 3.8) is 0 Å². The molecule has 4 heterocycles. The molecule has 0 saturated carbocycles. The molecule has 3 atom stereocenters. The summed E-state index contributed by atoms with van der Waals surface area (Å²) >= 11 is 0. The Balaban J connectivity index is 1.36. The number of aromatic nitrogens is 2. The van der Waals surface area contributed by atoms with Gasteiger partial charge in [0.1, 0.15) is 6.04 Å². The quantitative estimate of drug-likeness (QED) is 0.702. The molecule has 3 aliphatic heterocycles. The fourth-order valence-corrected chi connectivity index (χ4v) is 5.57. The second-order valence-corrected chi connectivity index (χ2v) is 8.94. The third-order valence-corrected chi connectivity index (χ3v) is 7.07. The summed E-state index contributed by atoms with van der Waals surface area (Å²) in [5.41, 5.74) is 2.60. The summed E-state index contributed by atoms with van der Waals surface area (Å²) in [5.74, 6) is 0.141. The van der Waals surface area contributed by atoms with Gasteiger partial charge in [-0.15, -0.1) is 0 Å². The number of aryl methyl sites for hydroxylation is 2. The smallest absolute Gasteiger partial charge is 0.312 e. The number of benzene rings is 1. The molecule has 8 heteroatoms. The first-order valence-corrected chi connectivity index (χ1v) is 11.0. The lowest BCUT2D eigenvalue weighted by Gasteiger charge is -2.22. The fourth-order valence-electron chi connectivity index (χ4n) is 5.57. The van der Waals surface area contributed by atoms with Crippen LogP contribution in [0, 0.1) is 5.92 Å². The lowest BCUT2D eigenvalue weighted by atomic mass is 10.0. The molecule has 2 N–H and O–H groups in total. The summed E-state index contributed by atoms with van der Waals surface area (Å²) in [7, 11) is 1.77. The van der Waals surface area contributed by atoms with Gasteiger partial charge in [-0.3, -0.25) is 24.0 Å². The van der Waals surface area contributed by atoms with Crippen LogP contribution in [0.5, 0.6) is 0 Å². The zero-order valence-corrected chi connectivity index (χ0v) is 17.4. The van der Waals surface area contributed by atoms with E-state index in [9.17, 15) is 14.4 Å². The van der Waals surface area contributed by atoms with E-state index < -0.39 is 6.04 Å². The predicted octanol–water partition coefficient (Wildman–Crippen LogP) is 0.544. The van der Waals surface area contributed by atoms with E-state index in [1.165, 1.54) is 13.0 Å². The molecule has 160 valence electrons. The molecule has 8 nitrogen and oxygen atoms in total. The first-order valence-electron chi connectivity index (χ1n) is 11.0. The highest BCUT2D eigenvalue weighted by molar-refractivity contribution is 6.00. The van der Waals surface area contributed by atoms with Crippen LogP contribution < -0.4 is 16.3 Å². The van der Waals surface area contributed by atoms with Crippen molar-refractivity contribution < 1.29 is 9.59 Å². The molecule has 3 aliphatic rings. The van der Waals surface area contributed by atoms with Gasteiger partial charge in [-0.1, -0.05) is 12.1 Å². The Labute approximate surface area is 175 Å². The first-order chi connectivity index (χ1) is 14.5. The molecule has 0 bridgehead atoms. The Morgan fingerprint density at radius 2 is 2.00 bits per heavy atom. The largest absolute Gasteiger partial charge is 0.329 e. The average molecular weight is 412 g/mol. The SMILES string of the molecule is Cn1c(=O)n(C2CCC(=O)NC2=O)c2cccc(CCCN3CC4CCNC4C3)c21. The monoisotopic (exact) mass is 411 g/mol. The maximum Gasteiger partial charge on any atom is 0.329 e. The van der Waals surface area contributed by atoms with E-state index in [0.717, 1.165) is 55.0 Å². The number of para-hydroxylation sites is 1. The molecule has 1 aromatic carbocycles. The van der Waals surface area contributed by atoms with Gasteiger partial charge in [0.05, 0.1) is 11.0 Å². The second kappa shape index (κ2) is 7.67. The minimum absolute atomic E-state index is 0.203. The van der Waals surface area contributed by atoms with Crippen molar-refractivity contribution in [1.82, 2.24) is 24.7 Å².